The van der Waals surface area contributed by atoms with Crippen molar-refractivity contribution in [3.05, 3.63) is 34.3 Å². The van der Waals surface area contributed by atoms with Gasteiger partial charge >= 0.3 is 0 Å². The normalized spacial score (nSPS) is 13.4. The van der Waals surface area contributed by atoms with Gasteiger partial charge in [0.15, 0.2) is 5.78 Å². The summed E-state index contributed by atoms with van der Waals surface area (Å²) in [4.78, 5) is 12.2. The molecule has 1 rings (SSSR count). The van der Waals surface area contributed by atoms with Crippen LogP contribution in [0.3, 0.4) is 0 Å². The molecule has 0 heterocycles. The van der Waals surface area contributed by atoms with Gasteiger partial charge in [-0.05, 0) is 36.3 Å². The van der Waals surface area contributed by atoms with E-state index in [1.165, 1.54) is 0 Å². The highest BCUT2D eigenvalue weighted by atomic mass is 35.5. The molecule has 0 fully saturated rings. The SMILES string of the molecule is Cc1cccc(C(=O)CC(C)CC(C)(C)C)c1Cl. The van der Waals surface area contributed by atoms with Gasteiger partial charge in [-0.15, -0.1) is 0 Å². The zero-order valence-corrected chi connectivity index (χ0v) is 12.8. The largest absolute Gasteiger partial charge is 0.294 e. The predicted octanol–water partition coefficient (Wildman–Crippen LogP) is 5.29. The molecule has 1 atom stereocenters. The number of aryl methyl sites for hydroxylation is 1. The second-order valence-corrected chi connectivity index (χ2v) is 6.81. The maximum atomic E-state index is 12.2. The van der Waals surface area contributed by atoms with Crippen LogP contribution in [0.4, 0.5) is 0 Å². The number of carbonyl (C=O) groups excluding carboxylic acids is 1. The van der Waals surface area contributed by atoms with Crippen molar-refractivity contribution >= 4 is 17.4 Å². The average Bonchev–Trinajstić information content (AvgIpc) is 2.18. The fourth-order valence-corrected chi connectivity index (χ4v) is 2.64. The molecule has 0 spiro atoms. The molecule has 0 aromatic heterocycles. The van der Waals surface area contributed by atoms with E-state index in [-0.39, 0.29) is 11.2 Å². The molecule has 1 aromatic rings. The quantitative estimate of drug-likeness (QED) is 0.677. The van der Waals surface area contributed by atoms with Crippen LogP contribution in [-0.4, -0.2) is 5.78 Å². The Bertz CT molecular complexity index is 429. The molecule has 100 valence electrons. The van der Waals surface area contributed by atoms with Crippen molar-refractivity contribution < 1.29 is 4.79 Å². The van der Waals surface area contributed by atoms with Crippen LogP contribution in [0, 0.1) is 18.3 Å². The van der Waals surface area contributed by atoms with Gasteiger partial charge in [-0.1, -0.05) is 51.4 Å². The average molecular weight is 267 g/mol. The molecule has 0 aliphatic heterocycles. The first-order chi connectivity index (χ1) is 8.20. The van der Waals surface area contributed by atoms with E-state index in [0.29, 0.717) is 22.9 Å². The first kappa shape index (κ1) is 15.2. The topological polar surface area (TPSA) is 17.1 Å². The van der Waals surface area contributed by atoms with Crippen LogP contribution >= 0.6 is 11.6 Å². The number of hydrogen-bond donors (Lipinski definition) is 0. The molecule has 0 saturated heterocycles. The van der Waals surface area contributed by atoms with Crippen LogP contribution in [0.15, 0.2) is 18.2 Å². The van der Waals surface area contributed by atoms with Gasteiger partial charge in [0.1, 0.15) is 0 Å². The summed E-state index contributed by atoms with van der Waals surface area (Å²) in [5.41, 5.74) is 1.89. The Kier molecular flexibility index (Phi) is 4.98. The molecular formula is C16H23ClO. The first-order valence-corrected chi connectivity index (χ1v) is 6.87. The van der Waals surface area contributed by atoms with Crippen molar-refractivity contribution in [2.24, 2.45) is 11.3 Å². The second-order valence-electron chi connectivity index (χ2n) is 6.43. The van der Waals surface area contributed by atoms with Crippen molar-refractivity contribution in [2.75, 3.05) is 0 Å². The molecule has 0 aliphatic rings. The highest BCUT2D eigenvalue weighted by molar-refractivity contribution is 6.34. The van der Waals surface area contributed by atoms with Crippen molar-refractivity contribution in [1.82, 2.24) is 0 Å². The number of carbonyl (C=O) groups is 1. The number of Topliss-reactive ketones (excluding diaryl/α,β-unsaturated/α-hetero) is 1. The van der Waals surface area contributed by atoms with E-state index < -0.39 is 0 Å². The molecule has 1 nitrogen and oxygen atoms in total. The lowest BCUT2D eigenvalue weighted by Crippen LogP contribution is -2.14. The molecule has 0 N–H and O–H groups in total. The minimum atomic E-state index is 0.153. The zero-order chi connectivity index (χ0) is 13.9. The van der Waals surface area contributed by atoms with Gasteiger partial charge in [0.25, 0.3) is 0 Å². The summed E-state index contributed by atoms with van der Waals surface area (Å²) in [6, 6.07) is 5.64. The minimum absolute atomic E-state index is 0.153. The van der Waals surface area contributed by atoms with Gasteiger partial charge < -0.3 is 0 Å². The molecular weight excluding hydrogens is 244 g/mol. The first-order valence-electron chi connectivity index (χ1n) is 6.49. The smallest absolute Gasteiger partial charge is 0.164 e. The monoisotopic (exact) mass is 266 g/mol. The third-order valence-corrected chi connectivity index (χ3v) is 3.49. The maximum absolute atomic E-state index is 12.2. The lowest BCUT2D eigenvalue weighted by atomic mass is 9.83. The second kappa shape index (κ2) is 5.88. The number of hydrogen-bond acceptors (Lipinski definition) is 1. The molecule has 1 aromatic carbocycles. The molecule has 0 saturated carbocycles. The van der Waals surface area contributed by atoms with Gasteiger partial charge in [-0.2, -0.15) is 0 Å². The fraction of sp³-hybridized carbons (Fsp3) is 0.562. The van der Waals surface area contributed by atoms with Crippen LogP contribution < -0.4 is 0 Å². The molecule has 0 aliphatic carbocycles. The number of halogens is 1. The number of rotatable bonds is 4. The van der Waals surface area contributed by atoms with E-state index in [0.717, 1.165) is 12.0 Å². The highest BCUT2D eigenvalue weighted by Gasteiger charge is 2.19. The van der Waals surface area contributed by atoms with E-state index in [2.05, 4.69) is 27.7 Å². The Balaban J connectivity index is 2.74. The van der Waals surface area contributed by atoms with Gasteiger partial charge in [0.2, 0.25) is 0 Å². The van der Waals surface area contributed by atoms with Crippen LogP contribution in [0.25, 0.3) is 0 Å². The Morgan fingerprint density at radius 3 is 2.50 bits per heavy atom. The van der Waals surface area contributed by atoms with E-state index in [9.17, 15) is 4.79 Å². The molecule has 2 heteroatoms. The van der Waals surface area contributed by atoms with E-state index in [1.54, 1.807) is 0 Å². The molecule has 0 amide bonds. The molecule has 1 unspecified atom stereocenters. The lowest BCUT2D eigenvalue weighted by Gasteiger charge is -2.22. The van der Waals surface area contributed by atoms with Crippen molar-refractivity contribution in [3.8, 4) is 0 Å². The van der Waals surface area contributed by atoms with E-state index >= 15 is 0 Å². The molecule has 18 heavy (non-hydrogen) atoms. The van der Waals surface area contributed by atoms with Crippen molar-refractivity contribution in [3.63, 3.8) is 0 Å². The summed E-state index contributed by atoms with van der Waals surface area (Å²) in [6.07, 6.45) is 1.61. The van der Waals surface area contributed by atoms with Gasteiger partial charge in [0.05, 0.1) is 5.02 Å². The number of ketones is 1. The third-order valence-electron chi connectivity index (χ3n) is 2.99. The molecule has 0 radical (unpaired) electrons. The van der Waals surface area contributed by atoms with Crippen LogP contribution in [0.2, 0.25) is 5.02 Å². The Hall–Kier alpha value is -0.820. The van der Waals surface area contributed by atoms with Crippen LogP contribution in [-0.2, 0) is 0 Å². The summed E-state index contributed by atoms with van der Waals surface area (Å²) >= 11 is 6.18. The summed E-state index contributed by atoms with van der Waals surface area (Å²) in [5.74, 6) is 0.537. The maximum Gasteiger partial charge on any atom is 0.164 e. The Morgan fingerprint density at radius 2 is 1.94 bits per heavy atom. The van der Waals surface area contributed by atoms with Gasteiger partial charge in [-0.3, -0.25) is 4.79 Å². The summed E-state index contributed by atoms with van der Waals surface area (Å²) < 4.78 is 0. The van der Waals surface area contributed by atoms with E-state index in [1.807, 2.05) is 25.1 Å². The summed E-state index contributed by atoms with van der Waals surface area (Å²) in [5, 5.41) is 0.602. The fourth-order valence-electron chi connectivity index (χ4n) is 2.41. The van der Waals surface area contributed by atoms with Gasteiger partial charge in [-0.25, -0.2) is 0 Å². The van der Waals surface area contributed by atoms with Crippen molar-refractivity contribution in [2.45, 2.75) is 47.5 Å². The highest BCUT2D eigenvalue weighted by Crippen LogP contribution is 2.28. The number of benzene rings is 1. The van der Waals surface area contributed by atoms with Crippen LogP contribution in [0.5, 0.6) is 0 Å². The zero-order valence-electron chi connectivity index (χ0n) is 12.0. The van der Waals surface area contributed by atoms with E-state index in [4.69, 9.17) is 11.6 Å². The van der Waals surface area contributed by atoms with Crippen molar-refractivity contribution in [1.29, 1.82) is 0 Å². The third kappa shape index (κ3) is 4.45. The predicted molar refractivity (Wildman–Crippen MR) is 78.4 cm³/mol. The van der Waals surface area contributed by atoms with Crippen LogP contribution in [0.1, 0.15) is 56.5 Å². The summed E-state index contributed by atoms with van der Waals surface area (Å²) in [6.45, 7) is 10.7. The summed E-state index contributed by atoms with van der Waals surface area (Å²) in [7, 11) is 0. The standard InChI is InChI=1S/C16H23ClO/c1-11(10-16(3,4)5)9-14(18)13-8-6-7-12(2)15(13)17/h6-8,11H,9-10H2,1-5H3. The Morgan fingerprint density at radius 1 is 1.33 bits per heavy atom. The van der Waals surface area contributed by atoms with Gasteiger partial charge in [0, 0.05) is 12.0 Å². The minimum Gasteiger partial charge on any atom is -0.294 e. The lowest BCUT2D eigenvalue weighted by molar-refractivity contribution is 0.0954. The molecule has 0 bridgehead atoms. The Labute approximate surface area is 116 Å².